The van der Waals surface area contributed by atoms with Crippen LogP contribution in [0.15, 0.2) is 48.1 Å². The molecule has 2 fully saturated rings. The molecule has 2 aliphatic heterocycles. The first kappa shape index (κ1) is 25.3. The van der Waals surface area contributed by atoms with Crippen LogP contribution in [0.2, 0.25) is 0 Å². The molecule has 1 unspecified atom stereocenters. The van der Waals surface area contributed by atoms with Crippen molar-refractivity contribution < 1.29 is 13.2 Å². The van der Waals surface area contributed by atoms with Crippen LogP contribution in [0.25, 0.3) is 28.0 Å². The number of nitrogens with zero attached hydrogens (tertiary/aromatic N) is 9. The Hall–Kier alpha value is -4.66. The van der Waals surface area contributed by atoms with E-state index in [1.165, 1.54) is 10.8 Å². The highest BCUT2D eigenvalue weighted by atomic mass is 32.2. The van der Waals surface area contributed by atoms with Crippen LogP contribution in [-0.4, -0.2) is 82.1 Å². The highest BCUT2D eigenvalue weighted by Crippen LogP contribution is 2.45. The van der Waals surface area contributed by atoms with Gasteiger partial charge in [-0.3, -0.25) is 14.5 Å². The lowest BCUT2D eigenvalue weighted by atomic mass is 9.87. The largest absolute Gasteiger partial charge is 0.382 e. The van der Waals surface area contributed by atoms with Gasteiger partial charge in [0.2, 0.25) is 5.82 Å². The van der Waals surface area contributed by atoms with Crippen LogP contribution in [0.4, 0.5) is 5.82 Å². The maximum Gasteiger partial charge on any atom is 0.292 e. The second kappa shape index (κ2) is 9.19. The summed E-state index contributed by atoms with van der Waals surface area (Å²) in [6.45, 7) is 0. The Morgan fingerprint density at radius 3 is 2.46 bits per heavy atom. The Labute approximate surface area is 234 Å². The van der Waals surface area contributed by atoms with Gasteiger partial charge in [-0.1, -0.05) is 6.07 Å². The first-order chi connectivity index (χ1) is 19.7. The summed E-state index contributed by atoms with van der Waals surface area (Å²) in [6, 6.07) is 3.67. The summed E-state index contributed by atoms with van der Waals surface area (Å²) in [5, 5.41) is 16.2. The summed E-state index contributed by atoms with van der Waals surface area (Å²) in [7, 11) is -1.90. The lowest BCUT2D eigenvalue weighted by molar-refractivity contribution is 0.0556. The maximum atomic E-state index is 13.1. The van der Waals surface area contributed by atoms with Gasteiger partial charge >= 0.3 is 0 Å². The molecule has 41 heavy (non-hydrogen) atoms. The van der Waals surface area contributed by atoms with Crippen molar-refractivity contribution in [2.45, 2.75) is 48.6 Å². The Balaban J connectivity index is 1.28. The molecule has 0 spiro atoms. The number of pyridine rings is 1. The summed E-state index contributed by atoms with van der Waals surface area (Å²) in [5.41, 5.74) is 10.5. The highest BCUT2D eigenvalue weighted by Gasteiger charge is 2.46. The number of aromatic nitrogens is 9. The molecule has 3 atom stereocenters. The van der Waals surface area contributed by atoms with Crippen LogP contribution in [0.1, 0.15) is 47.9 Å². The number of nitrogen functional groups attached to an aromatic ring is 1. The van der Waals surface area contributed by atoms with Gasteiger partial charge in [-0.15, -0.1) is 10.2 Å². The maximum absolute atomic E-state index is 13.1. The number of nitrogens with one attached hydrogen (secondary N) is 1. The van der Waals surface area contributed by atoms with E-state index in [9.17, 15) is 13.2 Å². The van der Waals surface area contributed by atoms with Crippen molar-refractivity contribution in [3.63, 3.8) is 0 Å². The zero-order valence-corrected chi connectivity index (χ0v) is 23.2. The molecule has 2 saturated heterocycles. The van der Waals surface area contributed by atoms with Gasteiger partial charge in [-0.05, 0) is 31.7 Å². The summed E-state index contributed by atoms with van der Waals surface area (Å²) >= 11 is 0. The van der Waals surface area contributed by atoms with Gasteiger partial charge in [0, 0.05) is 60.4 Å². The number of rotatable bonds is 5. The zero-order chi connectivity index (χ0) is 28.5. The Morgan fingerprint density at radius 1 is 1.07 bits per heavy atom. The quantitative estimate of drug-likeness (QED) is 0.315. The fourth-order valence-corrected chi connectivity index (χ4v) is 7.38. The van der Waals surface area contributed by atoms with E-state index in [-0.39, 0.29) is 40.4 Å². The molecule has 0 aliphatic carbocycles. The van der Waals surface area contributed by atoms with E-state index in [1.54, 1.807) is 23.3 Å². The molecular weight excluding hydrogens is 546 g/mol. The first-order valence-electron chi connectivity index (χ1n) is 13.2. The number of carbonyl (C=O) groups excluding carboxylic acids is 1. The van der Waals surface area contributed by atoms with E-state index >= 15 is 0 Å². The van der Waals surface area contributed by atoms with Crippen LogP contribution in [-0.2, 0) is 16.9 Å². The summed E-state index contributed by atoms with van der Waals surface area (Å²) in [5.74, 6) is -0.184. The molecule has 7 rings (SSSR count). The molecule has 14 nitrogen and oxygen atoms in total. The summed E-state index contributed by atoms with van der Waals surface area (Å²) < 4.78 is 29.2. The Bertz CT molecular complexity index is 1880. The van der Waals surface area contributed by atoms with Gasteiger partial charge in [0.1, 0.15) is 17.0 Å². The lowest BCUT2D eigenvalue weighted by Crippen LogP contribution is -2.46. The number of amides is 1. The highest BCUT2D eigenvalue weighted by molar-refractivity contribution is 7.91. The molecule has 7 heterocycles. The number of H-pyrrole nitrogens is 1. The molecule has 210 valence electrons. The number of fused-ring (bicyclic) bond motifs is 3. The number of aryl methyl sites for hydroxylation is 1. The van der Waals surface area contributed by atoms with Crippen LogP contribution in [0.3, 0.4) is 0 Å². The van der Waals surface area contributed by atoms with Crippen molar-refractivity contribution in [1.29, 1.82) is 0 Å². The number of piperidine rings is 1. The van der Waals surface area contributed by atoms with Gasteiger partial charge < -0.3 is 15.6 Å². The molecule has 3 N–H and O–H groups in total. The van der Waals surface area contributed by atoms with E-state index in [1.807, 2.05) is 30.3 Å². The van der Waals surface area contributed by atoms with E-state index in [2.05, 4.69) is 30.4 Å². The predicted octanol–water partition coefficient (Wildman–Crippen LogP) is 1.85. The predicted molar refractivity (Wildman–Crippen MR) is 147 cm³/mol. The monoisotopic (exact) mass is 573 g/mol. The second-order valence-electron chi connectivity index (χ2n) is 10.7. The molecule has 0 radical (unpaired) electrons. The number of hydrogen-bond acceptors (Lipinski definition) is 10. The summed E-state index contributed by atoms with van der Waals surface area (Å²) in [6.07, 6.45) is 12.3. The minimum atomic E-state index is -3.75. The third-order valence-corrected chi connectivity index (χ3v) is 9.24. The van der Waals surface area contributed by atoms with Gasteiger partial charge in [-0.2, -0.15) is 14.7 Å². The standard InChI is InChI=1S/C26H27N11O3S/c1-35-12-16(10-31-35)20-6-3-14(9-28-20)19-11-32-37-23(27)22(41(2,39)40)21(33-25(19)37)15-7-17-4-5-18(8-15)36(17)26(38)24-29-13-30-34-24/h3,6,9-13,15,17-18H,4-5,7-8,27H2,1-2H3,(H,29,30,34)/t15?,17-,18+. The van der Waals surface area contributed by atoms with Crippen molar-refractivity contribution in [3.05, 3.63) is 54.8 Å². The molecule has 1 amide bonds. The number of anilines is 1. The van der Waals surface area contributed by atoms with E-state index in [0.29, 0.717) is 29.7 Å². The molecule has 5 aromatic rings. The number of nitrogens with two attached hydrogens (primary N) is 1. The number of sulfone groups is 1. The molecule has 15 heteroatoms. The zero-order valence-electron chi connectivity index (χ0n) is 22.3. The molecule has 2 bridgehead atoms. The molecule has 0 saturated carbocycles. The van der Waals surface area contributed by atoms with Gasteiger partial charge in [0.15, 0.2) is 15.5 Å². The van der Waals surface area contributed by atoms with Crippen molar-refractivity contribution in [1.82, 2.24) is 49.4 Å². The normalized spacial score (nSPS) is 20.6. The van der Waals surface area contributed by atoms with E-state index < -0.39 is 9.84 Å². The number of carbonyl (C=O) groups is 1. The molecule has 0 aromatic carbocycles. The average Bonchev–Trinajstić information content (AvgIpc) is 3.74. The average molecular weight is 574 g/mol. The van der Waals surface area contributed by atoms with Crippen LogP contribution >= 0.6 is 0 Å². The van der Waals surface area contributed by atoms with E-state index in [4.69, 9.17) is 10.7 Å². The van der Waals surface area contributed by atoms with Crippen LogP contribution in [0, 0.1) is 0 Å². The minimum Gasteiger partial charge on any atom is -0.382 e. The summed E-state index contributed by atoms with van der Waals surface area (Å²) in [4.78, 5) is 27.3. The minimum absolute atomic E-state index is 0.0101. The number of hydrogen-bond donors (Lipinski definition) is 2. The fourth-order valence-electron chi connectivity index (χ4n) is 6.32. The fraction of sp³-hybridized carbons (Fsp3) is 0.346. The van der Waals surface area contributed by atoms with Crippen molar-refractivity contribution >= 4 is 27.2 Å². The van der Waals surface area contributed by atoms with Crippen molar-refractivity contribution in [3.8, 4) is 22.4 Å². The van der Waals surface area contributed by atoms with Crippen LogP contribution < -0.4 is 5.73 Å². The molecular formula is C26H27N11O3S. The van der Waals surface area contributed by atoms with Crippen molar-refractivity contribution in [2.24, 2.45) is 7.05 Å². The lowest BCUT2D eigenvalue weighted by Gasteiger charge is -2.38. The van der Waals surface area contributed by atoms with Gasteiger partial charge in [-0.25, -0.2) is 13.4 Å². The second-order valence-corrected chi connectivity index (χ2v) is 12.7. The van der Waals surface area contributed by atoms with Gasteiger partial charge in [0.25, 0.3) is 5.91 Å². The van der Waals surface area contributed by atoms with Crippen LogP contribution in [0.5, 0.6) is 0 Å². The van der Waals surface area contributed by atoms with Crippen molar-refractivity contribution in [2.75, 3.05) is 12.0 Å². The molecule has 2 aliphatic rings. The topological polar surface area (TPSA) is 183 Å². The number of aromatic amines is 1. The Morgan fingerprint density at radius 2 is 1.85 bits per heavy atom. The SMILES string of the molecule is Cn1cc(-c2ccc(-c3cnn4c(N)c(S(C)(=O)=O)c(C5C[C@H]6CC[C@@H](C5)N6C(=O)c5nnc[nH]5)nc34)cn2)cn1. The third kappa shape index (κ3) is 4.15. The first-order valence-corrected chi connectivity index (χ1v) is 15.1. The van der Waals surface area contributed by atoms with Gasteiger partial charge in [0.05, 0.1) is 23.8 Å². The Kier molecular flexibility index (Phi) is 5.67. The van der Waals surface area contributed by atoms with E-state index in [0.717, 1.165) is 35.9 Å². The third-order valence-electron chi connectivity index (χ3n) is 8.08. The smallest absolute Gasteiger partial charge is 0.292 e. The molecule has 5 aromatic heterocycles.